The van der Waals surface area contributed by atoms with Crippen LogP contribution in [0.15, 0.2) is 6.07 Å². The Labute approximate surface area is 96.7 Å². The Morgan fingerprint density at radius 3 is 2.65 bits per heavy atom. The summed E-state index contributed by atoms with van der Waals surface area (Å²) in [5.41, 5.74) is 4.32. The lowest BCUT2D eigenvalue weighted by Crippen LogP contribution is -2.22. The Morgan fingerprint density at radius 2 is 2.12 bits per heavy atom. The van der Waals surface area contributed by atoms with E-state index in [4.69, 9.17) is 5.73 Å². The first kappa shape index (κ1) is 11.9. The second-order valence-electron chi connectivity index (χ2n) is 4.31. The van der Waals surface area contributed by atoms with E-state index in [9.17, 15) is 13.2 Å². The number of alkyl halides is 3. The zero-order valence-electron chi connectivity index (χ0n) is 9.33. The number of halogens is 3. The second-order valence-corrected chi connectivity index (χ2v) is 4.31. The highest BCUT2D eigenvalue weighted by Gasteiger charge is 2.34. The van der Waals surface area contributed by atoms with Gasteiger partial charge < -0.3 is 10.6 Å². The monoisotopic (exact) mass is 246 g/mol. The Kier molecular flexibility index (Phi) is 2.84. The number of nitrogens with zero attached hydrogens (tertiary/aromatic N) is 3. The number of nitrogen functional groups attached to an aromatic ring is 1. The SMILES string of the molecule is CC1CCN(c2cc(C(F)(F)F)nc(N)n2)C1. The Balaban J connectivity index is 2.32. The zero-order chi connectivity index (χ0) is 12.6. The zero-order valence-corrected chi connectivity index (χ0v) is 9.33. The molecule has 1 saturated heterocycles. The van der Waals surface area contributed by atoms with E-state index in [1.165, 1.54) is 0 Å². The van der Waals surface area contributed by atoms with Crippen molar-refractivity contribution in [3.63, 3.8) is 0 Å². The summed E-state index contributed by atoms with van der Waals surface area (Å²) in [5.74, 6) is 0.379. The third-order valence-corrected chi connectivity index (χ3v) is 2.77. The van der Waals surface area contributed by atoms with Gasteiger partial charge in [0, 0.05) is 19.2 Å². The van der Waals surface area contributed by atoms with Crippen molar-refractivity contribution in [2.45, 2.75) is 19.5 Å². The molecule has 1 aromatic rings. The van der Waals surface area contributed by atoms with E-state index < -0.39 is 11.9 Å². The molecule has 1 aromatic heterocycles. The van der Waals surface area contributed by atoms with Crippen LogP contribution in [-0.4, -0.2) is 23.1 Å². The predicted octanol–water partition coefficient (Wildman–Crippen LogP) is 1.92. The van der Waals surface area contributed by atoms with E-state index >= 15 is 0 Å². The van der Waals surface area contributed by atoms with Crippen LogP contribution in [0, 0.1) is 5.92 Å². The standard InChI is InChI=1S/C10H13F3N4/c1-6-2-3-17(5-6)8-4-7(10(11,12)13)15-9(14)16-8/h4,6H,2-3,5H2,1H3,(H2,14,15,16). The second kappa shape index (κ2) is 4.05. The quantitative estimate of drug-likeness (QED) is 0.822. The molecule has 0 amide bonds. The van der Waals surface area contributed by atoms with Crippen molar-refractivity contribution in [2.24, 2.45) is 5.92 Å². The predicted molar refractivity (Wildman–Crippen MR) is 57.4 cm³/mol. The van der Waals surface area contributed by atoms with E-state index in [2.05, 4.69) is 16.9 Å². The average Bonchev–Trinajstić information content (AvgIpc) is 2.62. The fourth-order valence-corrected chi connectivity index (χ4v) is 1.90. The Hall–Kier alpha value is -1.53. The molecular formula is C10H13F3N4. The molecule has 1 fully saturated rings. The van der Waals surface area contributed by atoms with Crippen LogP contribution in [0.4, 0.5) is 24.9 Å². The van der Waals surface area contributed by atoms with Crippen LogP contribution in [-0.2, 0) is 6.18 Å². The summed E-state index contributed by atoms with van der Waals surface area (Å²) >= 11 is 0. The molecule has 1 atom stereocenters. The largest absolute Gasteiger partial charge is 0.433 e. The first-order valence-electron chi connectivity index (χ1n) is 5.33. The molecular weight excluding hydrogens is 233 g/mol. The van der Waals surface area contributed by atoms with Gasteiger partial charge in [0.05, 0.1) is 0 Å². The maximum absolute atomic E-state index is 12.5. The smallest absolute Gasteiger partial charge is 0.368 e. The van der Waals surface area contributed by atoms with Crippen LogP contribution in [0.5, 0.6) is 0 Å². The molecule has 0 aromatic carbocycles. The lowest BCUT2D eigenvalue weighted by Gasteiger charge is -2.18. The molecule has 7 heteroatoms. The molecule has 1 aliphatic heterocycles. The normalized spacial score (nSPS) is 20.9. The van der Waals surface area contributed by atoms with Crippen molar-refractivity contribution in [3.8, 4) is 0 Å². The van der Waals surface area contributed by atoms with Gasteiger partial charge in [-0.3, -0.25) is 0 Å². The fraction of sp³-hybridized carbons (Fsp3) is 0.600. The third-order valence-electron chi connectivity index (χ3n) is 2.77. The van der Waals surface area contributed by atoms with E-state index in [0.717, 1.165) is 12.5 Å². The fourth-order valence-electron chi connectivity index (χ4n) is 1.90. The van der Waals surface area contributed by atoms with Gasteiger partial charge in [0.2, 0.25) is 5.95 Å². The van der Waals surface area contributed by atoms with Gasteiger partial charge in [-0.05, 0) is 12.3 Å². The first-order valence-corrected chi connectivity index (χ1v) is 5.33. The molecule has 2 N–H and O–H groups in total. The van der Waals surface area contributed by atoms with Crippen LogP contribution in [0.3, 0.4) is 0 Å². The molecule has 0 aliphatic carbocycles. The molecule has 94 valence electrons. The van der Waals surface area contributed by atoms with Crippen molar-refractivity contribution >= 4 is 11.8 Å². The topological polar surface area (TPSA) is 55.0 Å². The first-order chi connectivity index (χ1) is 7.86. The van der Waals surface area contributed by atoms with Crippen molar-refractivity contribution in [3.05, 3.63) is 11.8 Å². The lowest BCUT2D eigenvalue weighted by atomic mass is 10.2. The van der Waals surface area contributed by atoms with Gasteiger partial charge in [0.25, 0.3) is 0 Å². The highest BCUT2D eigenvalue weighted by Crippen LogP contribution is 2.31. The maximum atomic E-state index is 12.5. The van der Waals surface area contributed by atoms with Crippen molar-refractivity contribution < 1.29 is 13.2 Å². The van der Waals surface area contributed by atoms with Gasteiger partial charge in [0.15, 0.2) is 5.69 Å². The minimum absolute atomic E-state index is 0.258. The van der Waals surface area contributed by atoms with Crippen molar-refractivity contribution in [1.29, 1.82) is 0 Å². The van der Waals surface area contributed by atoms with Crippen LogP contribution in [0.25, 0.3) is 0 Å². The third kappa shape index (κ3) is 2.59. The molecule has 4 nitrogen and oxygen atoms in total. The van der Waals surface area contributed by atoms with Crippen LogP contribution in [0.2, 0.25) is 0 Å². The summed E-state index contributed by atoms with van der Waals surface area (Å²) in [6.07, 6.45) is -3.54. The summed E-state index contributed by atoms with van der Waals surface area (Å²) < 4.78 is 37.6. The van der Waals surface area contributed by atoms with Crippen molar-refractivity contribution in [2.75, 3.05) is 23.7 Å². The van der Waals surface area contributed by atoms with Gasteiger partial charge in [-0.1, -0.05) is 6.92 Å². The van der Waals surface area contributed by atoms with Gasteiger partial charge >= 0.3 is 6.18 Å². The maximum Gasteiger partial charge on any atom is 0.433 e. The molecule has 0 spiro atoms. The molecule has 17 heavy (non-hydrogen) atoms. The molecule has 0 bridgehead atoms. The van der Waals surface area contributed by atoms with Gasteiger partial charge in [-0.15, -0.1) is 0 Å². The highest BCUT2D eigenvalue weighted by molar-refractivity contribution is 5.45. The number of nitrogens with two attached hydrogens (primary N) is 1. The summed E-state index contributed by atoms with van der Waals surface area (Å²) in [4.78, 5) is 8.87. The molecule has 2 heterocycles. The Bertz CT molecular complexity index is 419. The molecule has 0 saturated carbocycles. The summed E-state index contributed by atoms with van der Waals surface area (Å²) in [5, 5.41) is 0. The molecule has 1 unspecified atom stereocenters. The van der Waals surface area contributed by atoms with Crippen molar-refractivity contribution in [1.82, 2.24) is 9.97 Å². The minimum atomic E-state index is -4.49. The number of hydrogen-bond donors (Lipinski definition) is 1. The summed E-state index contributed by atoms with van der Waals surface area (Å²) in [7, 11) is 0. The molecule has 1 aliphatic rings. The van der Waals surface area contributed by atoms with Gasteiger partial charge in [-0.2, -0.15) is 18.2 Å². The van der Waals surface area contributed by atoms with E-state index in [-0.39, 0.29) is 11.8 Å². The summed E-state index contributed by atoms with van der Waals surface area (Å²) in [6, 6.07) is 0.953. The lowest BCUT2D eigenvalue weighted by molar-refractivity contribution is -0.141. The van der Waals surface area contributed by atoms with Crippen LogP contribution < -0.4 is 10.6 Å². The average molecular weight is 246 g/mol. The molecule has 2 rings (SSSR count). The van der Waals surface area contributed by atoms with Gasteiger partial charge in [-0.25, -0.2) is 4.98 Å². The Morgan fingerprint density at radius 1 is 1.41 bits per heavy atom. The van der Waals surface area contributed by atoms with E-state index in [1.54, 1.807) is 4.90 Å². The highest BCUT2D eigenvalue weighted by atomic mass is 19.4. The van der Waals surface area contributed by atoms with Gasteiger partial charge in [0.1, 0.15) is 5.82 Å². The number of aromatic nitrogens is 2. The number of hydrogen-bond acceptors (Lipinski definition) is 4. The number of rotatable bonds is 1. The van der Waals surface area contributed by atoms with E-state index in [0.29, 0.717) is 19.0 Å². The minimum Gasteiger partial charge on any atom is -0.368 e. The summed E-state index contributed by atoms with van der Waals surface area (Å²) in [6.45, 7) is 3.46. The van der Waals surface area contributed by atoms with Crippen LogP contribution >= 0.6 is 0 Å². The molecule has 0 radical (unpaired) electrons. The number of anilines is 2. The van der Waals surface area contributed by atoms with E-state index in [1.807, 2.05) is 0 Å². The van der Waals surface area contributed by atoms with Crippen LogP contribution in [0.1, 0.15) is 19.0 Å².